The molecule has 1 fully saturated rings. The van der Waals surface area contributed by atoms with Crippen molar-refractivity contribution >= 4 is 11.6 Å². The molecule has 15 heavy (non-hydrogen) atoms. The summed E-state index contributed by atoms with van der Waals surface area (Å²) in [6.07, 6.45) is 7.72. The number of benzene rings is 1. The smallest absolute Gasteiger partial charge is 0.0364 e. The Labute approximate surface area is 97.6 Å². The number of aryl methyl sites for hydroxylation is 1. The zero-order valence-corrected chi connectivity index (χ0v) is 9.92. The van der Waals surface area contributed by atoms with Crippen LogP contribution < -0.4 is 0 Å². The Balaban J connectivity index is 1.82. The second-order valence-corrected chi connectivity index (χ2v) is 5.15. The zero-order chi connectivity index (χ0) is 10.5. The third-order valence-electron chi connectivity index (χ3n) is 3.46. The lowest BCUT2D eigenvalue weighted by molar-refractivity contribution is 0.346. The van der Waals surface area contributed by atoms with Gasteiger partial charge in [0.1, 0.15) is 0 Å². The van der Waals surface area contributed by atoms with Crippen molar-refractivity contribution in [1.29, 1.82) is 0 Å². The Morgan fingerprint density at radius 1 is 1.07 bits per heavy atom. The van der Waals surface area contributed by atoms with Crippen LogP contribution in [0.4, 0.5) is 0 Å². The normalized spacial score (nSPS) is 26.5. The molecular weight excluding hydrogens is 204 g/mol. The molecule has 2 unspecified atom stereocenters. The fourth-order valence-electron chi connectivity index (χ4n) is 2.48. The van der Waals surface area contributed by atoms with Gasteiger partial charge in [0, 0.05) is 5.38 Å². The van der Waals surface area contributed by atoms with Crippen molar-refractivity contribution in [3.63, 3.8) is 0 Å². The van der Waals surface area contributed by atoms with Crippen LogP contribution in [0.3, 0.4) is 0 Å². The first-order valence-corrected chi connectivity index (χ1v) is 6.48. The molecule has 0 bridgehead atoms. The lowest BCUT2D eigenvalue weighted by Gasteiger charge is -2.26. The molecular formula is C14H19Cl. The number of alkyl halides is 1. The summed E-state index contributed by atoms with van der Waals surface area (Å²) in [6.45, 7) is 0. The van der Waals surface area contributed by atoms with E-state index in [2.05, 4.69) is 30.3 Å². The highest BCUT2D eigenvalue weighted by Gasteiger charge is 2.22. The van der Waals surface area contributed by atoms with Crippen LogP contribution in [0.1, 0.15) is 37.7 Å². The second-order valence-electron chi connectivity index (χ2n) is 4.58. The summed E-state index contributed by atoms with van der Waals surface area (Å²) in [4.78, 5) is 0. The molecule has 0 saturated heterocycles. The van der Waals surface area contributed by atoms with E-state index in [-0.39, 0.29) is 0 Å². The molecule has 0 spiro atoms. The fourth-order valence-corrected chi connectivity index (χ4v) is 2.89. The van der Waals surface area contributed by atoms with E-state index in [0.717, 1.165) is 5.92 Å². The molecule has 2 rings (SSSR count). The largest absolute Gasteiger partial charge is 0.123 e. The third-order valence-corrected chi connectivity index (χ3v) is 4.04. The maximum absolute atomic E-state index is 6.35. The van der Waals surface area contributed by atoms with Gasteiger partial charge in [0.05, 0.1) is 0 Å². The average Bonchev–Trinajstić information content (AvgIpc) is 2.29. The molecule has 0 aliphatic heterocycles. The highest BCUT2D eigenvalue weighted by Crippen LogP contribution is 2.31. The summed E-state index contributed by atoms with van der Waals surface area (Å²) in [5, 5.41) is 0.433. The van der Waals surface area contributed by atoms with E-state index in [1.54, 1.807) is 0 Å². The summed E-state index contributed by atoms with van der Waals surface area (Å²) < 4.78 is 0. The molecule has 0 heterocycles. The maximum atomic E-state index is 6.35. The van der Waals surface area contributed by atoms with Gasteiger partial charge < -0.3 is 0 Å². The molecule has 0 N–H and O–H groups in total. The minimum absolute atomic E-state index is 0.433. The van der Waals surface area contributed by atoms with E-state index in [1.807, 2.05) is 0 Å². The van der Waals surface area contributed by atoms with E-state index in [1.165, 1.54) is 44.1 Å². The maximum Gasteiger partial charge on any atom is 0.0364 e. The van der Waals surface area contributed by atoms with E-state index in [4.69, 9.17) is 11.6 Å². The van der Waals surface area contributed by atoms with Crippen molar-refractivity contribution in [2.75, 3.05) is 0 Å². The van der Waals surface area contributed by atoms with Gasteiger partial charge in [-0.15, -0.1) is 11.6 Å². The van der Waals surface area contributed by atoms with Gasteiger partial charge in [-0.3, -0.25) is 0 Å². The third kappa shape index (κ3) is 3.24. The van der Waals surface area contributed by atoms with Gasteiger partial charge in [0.15, 0.2) is 0 Å². The highest BCUT2D eigenvalue weighted by molar-refractivity contribution is 6.20. The van der Waals surface area contributed by atoms with E-state index >= 15 is 0 Å². The summed E-state index contributed by atoms with van der Waals surface area (Å²) in [5.74, 6) is 0.751. The Morgan fingerprint density at radius 3 is 2.53 bits per heavy atom. The predicted octanol–water partition coefficient (Wildman–Crippen LogP) is 4.42. The molecule has 1 aromatic rings. The van der Waals surface area contributed by atoms with Crippen molar-refractivity contribution in [2.45, 2.75) is 43.9 Å². The highest BCUT2D eigenvalue weighted by atomic mass is 35.5. The lowest BCUT2D eigenvalue weighted by atomic mass is 9.85. The van der Waals surface area contributed by atoms with Gasteiger partial charge in [-0.05, 0) is 37.2 Å². The van der Waals surface area contributed by atoms with Crippen LogP contribution in [-0.2, 0) is 6.42 Å². The summed E-state index contributed by atoms with van der Waals surface area (Å²) >= 11 is 6.35. The van der Waals surface area contributed by atoms with Crippen LogP contribution in [0.2, 0.25) is 0 Å². The van der Waals surface area contributed by atoms with Crippen LogP contribution in [-0.4, -0.2) is 5.38 Å². The first-order chi connectivity index (χ1) is 7.36. The first-order valence-electron chi connectivity index (χ1n) is 6.04. The molecule has 82 valence electrons. The SMILES string of the molecule is ClC1CCCCC1CCc1ccccc1. The van der Waals surface area contributed by atoms with Crippen molar-refractivity contribution in [3.8, 4) is 0 Å². The fraction of sp³-hybridized carbons (Fsp3) is 0.571. The Kier molecular flexibility index (Phi) is 4.08. The number of hydrogen-bond donors (Lipinski definition) is 0. The first kappa shape index (κ1) is 11.0. The molecule has 0 amide bonds. The minimum atomic E-state index is 0.433. The van der Waals surface area contributed by atoms with Gasteiger partial charge in [-0.25, -0.2) is 0 Å². The van der Waals surface area contributed by atoms with Crippen LogP contribution in [0, 0.1) is 5.92 Å². The van der Waals surface area contributed by atoms with Crippen LogP contribution in [0.5, 0.6) is 0 Å². The summed E-state index contributed by atoms with van der Waals surface area (Å²) in [5.41, 5.74) is 1.45. The number of hydrogen-bond acceptors (Lipinski definition) is 0. The molecule has 0 aromatic heterocycles. The van der Waals surface area contributed by atoms with Crippen molar-refractivity contribution < 1.29 is 0 Å². The number of halogens is 1. The summed E-state index contributed by atoms with van der Waals surface area (Å²) in [7, 11) is 0. The van der Waals surface area contributed by atoms with Crippen LogP contribution in [0.15, 0.2) is 30.3 Å². The van der Waals surface area contributed by atoms with Gasteiger partial charge in [-0.1, -0.05) is 43.2 Å². The predicted molar refractivity (Wildman–Crippen MR) is 66.4 cm³/mol. The van der Waals surface area contributed by atoms with E-state index < -0.39 is 0 Å². The van der Waals surface area contributed by atoms with Crippen molar-refractivity contribution in [1.82, 2.24) is 0 Å². The molecule has 1 heteroatoms. The average molecular weight is 223 g/mol. The molecule has 2 atom stereocenters. The monoisotopic (exact) mass is 222 g/mol. The Hall–Kier alpha value is -0.490. The second kappa shape index (κ2) is 5.55. The minimum Gasteiger partial charge on any atom is -0.123 e. The van der Waals surface area contributed by atoms with Crippen LogP contribution in [0.25, 0.3) is 0 Å². The van der Waals surface area contributed by atoms with Gasteiger partial charge in [0.2, 0.25) is 0 Å². The molecule has 1 saturated carbocycles. The topological polar surface area (TPSA) is 0 Å². The number of rotatable bonds is 3. The van der Waals surface area contributed by atoms with E-state index in [9.17, 15) is 0 Å². The molecule has 1 aromatic carbocycles. The molecule has 0 radical (unpaired) electrons. The molecule has 1 aliphatic carbocycles. The Morgan fingerprint density at radius 2 is 1.80 bits per heavy atom. The standard InChI is InChI=1S/C14H19Cl/c15-14-9-5-4-8-13(14)11-10-12-6-2-1-3-7-12/h1-3,6-7,13-14H,4-5,8-11H2. The van der Waals surface area contributed by atoms with Crippen LogP contribution >= 0.6 is 11.6 Å². The van der Waals surface area contributed by atoms with Crippen molar-refractivity contribution in [2.24, 2.45) is 5.92 Å². The molecule has 1 aliphatic rings. The lowest BCUT2D eigenvalue weighted by Crippen LogP contribution is -2.20. The van der Waals surface area contributed by atoms with E-state index in [0.29, 0.717) is 5.38 Å². The summed E-state index contributed by atoms with van der Waals surface area (Å²) in [6, 6.07) is 10.7. The van der Waals surface area contributed by atoms with Gasteiger partial charge >= 0.3 is 0 Å². The zero-order valence-electron chi connectivity index (χ0n) is 9.16. The van der Waals surface area contributed by atoms with Crippen molar-refractivity contribution in [3.05, 3.63) is 35.9 Å². The molecule has 0 nitrogen and oxygen atoms in total. The quantitative estimate of drug-likeness (QED) is 0.665. The van der Waals surface area contributed by atoms with Gasteiger partial charge in [-0.2, -0.15) is 0 Å². The Bertz CT molecular complexity index is 281. The van der Waals surface area contributed by atoms with Gasteiger partial charge in [0.25, 0.3) is 0 Å².